The number of fused-ring (bicyclic) bond motifs is 1. The number of aryl methyl sites for hydroxylation is 1. The zero-order valence-corrected chi connectivity index (χ0v) is 19.5. The van der Waals surface area contributed by atoms with E-state index in [1.807, 2.05) is 37.2 Å². The standard InChI is InChI=1S/C26H33F2N5/c1-33(2)25-21-7-3-4-8-24(21)31-26(32-25)30-20-12-9-19(10-13-20)17-29-15-5-6-18-11-14-22(27)23(28)16-18/h3-4,7-8,11,14,16,19-20,29H,5-6,9-10,12-13,15,17H2,1-2H3,(H,30,31,32). The third-order valence-electron chi connectivity index (χ3n) is 6.42. The molecule has 0 spiro atoms. The molecule has 2 aromatic carbocycles. The van der Waals surface area contributed by atoms with Crippen LogP contribution in [-0.4, -0.2) is 43.2 Å². The van der Waals surface area contributed by atoms with Crippen molar-refractivity contribution in [3.8, 4) is 0 Å². The van der Waals surface area contributed by atoms with E-state index in [0.29, 0.717) is 17.9 Å². The maximum absolute atomic E-state index is 13.3. The lowest BCUT2D eigenvalue weighted by Crippen LogP contribution is -2.32. The predicted molar refractivity (Wildman–Crippen MR) is 131 cm³/mol. The zero-order valence-electron chi connectivity index (χ0n) is 19.5. The molecule has 0 saturated heterocycles. The fourth-order valence-corrected chi connectivity index (χ4v) is 4.58. The zero-order chi connectivity index (χ0) is 23.2. The number of para-hydroxylation sites is 1. The monoisotopic (exact) mass is 453 g/mol. The van der Waals surface area contributed by atoms with Gasteiger partial charge in [0.05, 0.1) is 5.52 Å². The topological polar surface area (TPSA) is 53.1 Å². The molecule has 0 radical (unpaired) electrons. The summed E-state index contributed by atoms with van der Waals surface area (Å²) in [5.41, 5.74) is 1.80. The minimum absolute atomic E-state index is 0.394. The molecular weight excluding hydrogens is 420 g/mol. The van der Waals surface area contributed by atoms with Crippen LogP contribution in [0.2, 0.25) is 0 Å². The van der Waals surface area contributed by atoms with Crippen LogP contribution in [0.25, 0.3) is 10.9 Å². The molecule has 2 N–H and O–H groups in total. The Bertz CT molecular complexity index is 1060. The van der Waals surface area contributed by atoms with Crippen LogP contribution in [0.1, 0.15) is 37.7 Å². The second-order valence-electron chi connectivity index (χ2n) is 9.20. The average Bonchev–Trinajstić information content (AvgIpc) is 2.81. The normalized spacial score (nSPS) is 18.4. The predicted octanol–water partition coefficient (Wildman–Crippen LogP) is 5.17. The third kappa shape index (κ3) is 6.16. The summed E-state index contributed by atoms with van der Waals surface area (Å²) in [5.74, 6) is 0.756. The minimum Gasteiger partial charge on any atom is -0.362 e. The van der Waals surface area contributed by atoms with Gasteiger partial charge in [0.2, 0.25) is 5.95 Å². The van der Waals surface area contributed by atoms with Crippen LogP contribution >= 0.6 is 0 Å². The van der Waals surface area contributed by atoms with Gasteiger partial charge in [-0.2, -0.15) is 4.98 Å². The molecule has 0 unspecified atom stereocenters. The molecule has 3 aromatic rings. The molecule has 0 amide bonds. The lowest BCUT2D eigenvalue weighted by molar-refractivity contribution is 0.324. The summed E-state index contributed by atoms with van der Waals surface area (Å²) in [5, 5.41) is 8.17. The van der Waals surface area contributed by atoms with Crippen molar-refractivity contribution in [3.05, 3.63) is 59.7 Å². The van der Waals surface area contributed by atoms with Crippen LogP contribution in [0.5, 0.6) is 0 Å². The van der Waals surface area contributed by atoms with Gasteiger partial charge in [0.25, 0.3) is 0 Å². The van der Waals surface area contributed by atoms with E-state index in [1.54, 1.807) is 6.07 Å². The van der Waals surface area contributed by atoms with Gasteiger partial charge < -0.3 is 15.5 Å². The fourth-order valence-electron chi connectivity index (χ4n) is 4.58. The second-order valence-corrected chi connectivity index (χ2v) is 9.20. The molecule has 1 aliphatic carbocycles. The van der Waals surface area contributed by atoms with Crippen LogP contribution in [0.15, 0.2) is 42.5 Å². The molecule has 1 heterocycles. The molecule has 5 nitrogen and oxygen atoms in total. The van der Waals surface area contributed by atoms with E-state index in [9.17, 15) is 8.78 Å². The summed E-state index contributed by atoms with van der Waals surface area (Å²) in [6, 6.07) is 12.7. The molecule has 0 atom stereocenters. The molecule has 1 fully saturated rings. The smallest absolute Gasteiger partial charge is 0.225 e. The summed E-state index contributed by atoms with van der Waals surface area (Å²) in [6.45, 7) is 1.89. The third-order valence-corrected chi connectivity index (χ3v) is 6.42. The molecule has 176 valence electrons. The van der Waals surface area contributed by atoms with Crippen molar-refractivity contribution in [2.45, 2.75) is 44.6 Å². The minimum atomic E-state index is -0.785. The van der Waals surface area contributed by atoms with Gasteiger partial charge in [0.1, 0.15) is 5.82 Å². The summed E-state index contributed by atoms with van der Waals surface area (Å²) in [7, 11) is 4.02. The van der Waals surface area contributed by atoms with Gasteiger partial charge in [0.15, 0.2) is 11.6 Å². The summed E-state index contributed by atoms with van der Waals surface area (Å²) in [4.78, 5) is 11.5. The lowest BCUT2D eigenvalue weighted by atomic mass is 9.86. The highest BCUT2D eigenvalue weighted by molar-refractivity contribution is 5.90. The first-order valence-corrected chi connectivity index (χ1v) is 11.8. The van der Waals surface area contributed by atoms with E-state index in [-0.39, 0.29) is 0 Å². The van der Waals surface area contributed by atoms with Gasteiger partial charge in [-0.05, 0) is 87.4 Å². The number of hydrogen-bond acceptors (Lipinski definition) is 5. The lowest BCUT2D eigenvalue weighted by Gasteiger charge is -2.29. The van der Waals surface area contributed by atoms with Crippen LogP contribution in [0.4, 0.5) is 20.5 Å². The number of benzene rings is 2. The molecule has 1 aromatic heterocycles. The maximum atomic E-state index is 13.3. The first kappa shape index (κ1) is 23.4. The van der Waals surface area contributed by atoms with E-state index in [2.05, 4.69) is 16.7 Å². The van der Waals surface area contributed by atoms with Crippen molar-refractivity contribution in [1.82, 2.24) is 15.3 Å². The highest BCUT2D eigenvalue weighted by Crippen LogP contribution is 2.28. The van der Waals surface area contributed by atoms with Gasteiger partial charge in [-0.1, -0.05) is 18.2 Å². The average molecular weight is 454 g/mol. The number of hydrogen-bond donors (Lipinski definition) is 2. The van der Waals surface area contributed by atoms with Gasteiger partial charge in [-0.15, -0.1) is 0 Å². The van der Waals surface area contributed by atoms with Crippen molar-refractivity contribution < 1.29 is 8.78 Å². The number of halogens is 2. The van der Waals surface area contributed by atoms with Gasteiger partial charge in [0, 0.05) is 25.5 Å². The fraction of sp³-hybridized carbons (Fsp3) is 0.462. The van der Waals surface area contributed by atoms with E-state index >= 15 is 0 Å². The van der Waals surface area contributed by atoms with Gasteiger partial charge >= 0.3 is 0 Å². The Morgan fingerprint density at radius 1 is 0.970 bits per heavy atom. The Labute approximate surface area is 194 Å². The summed E-state index contributed by atoms with van der Waals surface area (Å²) >= 11 is 0. The van der Waals surface area contributed by atoms with E-state index in [4.69, 9.17) is 9.97 Å². The number of nitrogens with zero attached hydrogens (tertiary/aromatic N) is 3. The van der Waals surface area contributed by atoms with Crippen LogP contribution in [0.3, 0.4) is 0 Å². The van der Waals surface area contributed by atoms with Crippen molar-refractivity contribution in [3.63, 3.8) is 0 Å². The molecule has 0 bridgehead atoms. The molecular formula is C26H33F2N5. The Kier molecular flexibility index (Phi) is 7.70. The van der Waals surface area contributed by atoms with Crippen LogP contribution in [-0.2, 0) is 6.42 Å². The number of nitrogens with one attached hydrogen (secondary N) is 2. The first-order chi connectivity index (χ1) is 16.0. The maximum Gasteiger partial charge on any atom is 0.225 e. The largest absolute Gasteiger partial charge is 0.362 e. The Hall–Kier alpha value is -2.80. The Balaban J connectivity index is 1.20. The van der Waals surface area contributed by atoms with Crippen LogP contribution in [0, 0.1) is 17.6 Å². The molecule has 33 heavy (non-hydrogen) atoms. The van der Waals surface area contributed by atoms with Crippen molar-refractivity contribution in [1.29, 1.82) is 0 Å². The molecule has 7 heteroatoms. The number of rotatable bonds is 9. The van der Waals surface area contributed by atoms with Crippen LogP contribution < -0.4 is 15.5 Å². The van der Waals surface area contributed by atoms with Gasteiger partial charge in [-0.25, -0.2) is 13.8 Å². The van der Waals surface area contributed by atoms with Crippen molar-refractivity contribution >= 4 is 22.7 Å². The molecule has 1 saturated carbocycles. The molecule has 0 aliphatic heterocycles. The highest BCUT2D eigenvalue weighted by atomic mass is 19.2. The van der Waals surface area contributed by atoms with Crippen molar-refractivity contribution in [2.24, 2.45) is 5.92 Å². The van der Waals surface area contributed by atoms with E-state index in [0.717, 1.165) is 61.1 Å². The second kappa shape index (κ2) is 10.9. The van der Waals surface area contributed by atoms with Crippen molar-refractivity contribution in [2.75, 3.05) is 37.4 Å². The quantitative estimate of drug-likeness (QED) is 0.438. The summed E-state index contributed by atoms with van der Waals surface area (Å²) in [6.07, 6.45) is 6.21. The SMILES string of the molecule is CN(C)c1nc(NC2CCC(CNCCCc3ccc(F)c(F)c3)CC2)nc2ccccc12. The highest BCUT2D eigenvalue weighted by Gasteiger charge is 2.22. The summed E-state index contributed by atoms with van der Waals surface area (Å²) < 4.78 is 26.3. The van der Waals surface area contributed by atoms with E-state index in [1.165, 1.54) is 25.0 Å². The Morgan fingerprint density at radius 3 is 2.52 bits per heavy atom. The first-order valence-electron chi connectivity index (χ1n) is 11.8. The molecule has 4 rings (SSSR count). The van der Waals surface area contributed by atoms with Gasteiger partial charge in [-0.3, -0.25) is 0 Å². The number of anilines is 2. The Morgan fingerprint density at radius 2 is 1.76 bits per heavy atom. The number of aromatic nitrogens is 2. The molecule has 1 aliphatic rings. The van der Waals surface area contributed by atoms with E-state index < -0.39 is 11.6 Å².